The first-order valence-corrected chi connectivity index (χ1v) is 9.80. The van der Waals surface area contributed by atoms with Crippen molar-refractivity contribution in [2.45, 2.75) is 39.5 Å². The van der Waals surface area contributed by atoms with Gasteiger partial charge in [-0.1, -0.05) is 26.0 Å². The first-order chi connectivity index (χ1) is 13.7. The summed E-state index contributed by atoms with van der Waals surface area (Å²) in [6.45, 7) is 3.99. The van der Waals surface area contributed by atoms with Gasteiger partial charge in [-0.3, -0.25) is 24.3 Å². The minimum Gasteiger partial charge on any atom is -0.511 e. The van der Waals surface area contributed by atoms with E-state index in [0.717, 1.165) is 0 Å². The molecule has 0 bridgehead atoms. The second-order valence-corrected chi connectivity index (χ2v) is 8.23. The fourth-order valence-electron chi connectivity index (χ4n) is 3.93. The van der Waals surface area contributed by atoms with Gasteiger partial charge in [-0.05, 0) is 30.4 Å². The van der Waals surface area contributed by atoms with E-state index in [0.29, 0.717) is 42.5 Å². The maximum atomic E-state index is 12.6. The van der Waals surface area contributed by atoms with Gasteiger partial charge in [-0.2, -0.15) is 0 Å². The third kappa shape index (κ3) is 4.29. The van der Waals surface area contributed by atoms with E-state index in [-0.39, 0.29) is 54.0 Å². The van der Waals surface area contributed by atoms with Crippen molar-refractivity contribution >= 4 is 23.3 Å². The number of rotatable bonds is 7. The molecule has 0 spiro atoms. The van der Waals surface area contributed by atoms with E-state index in [1.54, 1.807) is 24.3 Å². The van der Waals surface area contributed by atoms with Gasteiger partial charge in [-0.15, -0.1) is 0 Å². The topological polar surface area (TPSA) is 107 Å². The van der Waals surface area contributed by atoms with Gasteiger partial charge in [0, 0.05) is 25.1 Å². The molecule has 0 unspecified atom stereocenters. The van der Waals surface area contributed by atoms with Gasteiger partial charge in [0.1, 0.15) is 5.76 Å². The number of allylic oxidation sites excluding steroid dienone is 2. The zero-order valence-electron chi connectivity index (χ0n) is 16.8. The molecule has 3 rings (SSSR count). The SMILES string of the molecule is CC1(C)CC(=O)C(C(CCCN2C(=O)c3ccccc3C2=O)=NCCO)=C(O)C1. The van der Waals surface area contributed by atoms with Gasteiger partial charge < -0.3 is 10.2 Å². The molecular formula is C22H26N2O5. The van der Waals surface area contributed by atoms with Crippen LogP contribution in [0.5, 0.6) is 0 Å². The van der Waals surface area contributed by atoms with Crippen LogP contribution in [0.2, 0.25) is 0 Å². The van der Waals surface area contributed by atoms with Crippen LogP contribution in [0.3, 0.4) is 0 Å². The van der Waals surface area contributed by atoms with Crippen LogP contribution in [-0.2, 0) is 4.79 Å². The standard InChI is InChI=1S/C22H26N2O5/c1-22(2)12-17(26)19(18(27)13-22)16(23-9-11-25)8-5-10-24-20(28)14-6-3-4-7-15(14)21(24)29/h3-4,6-7,25-26H,5,8-13H2,1-2H3. The third-order valence-electron chi connectivity index (χ3n) is 5.22. The molecule has 0 fully saturated rings. The second-order valence-electron chi connectivity index (χ2n) is 8.23. The normalized spacial score (nSPS) is 19.2. The largest absolute Gasteiger partial charge is 0.511 e. The van der Waals surface area contributed by atoms with Gasteiger partial charge in [-0.25, -0.2) is 0 Å². The molecule has 0 atom stereocenters. The summed E-state index contributed by atoms with van der Waals surface area (Å²) < 4.78 is 0. The van der Waals surface area contributed by atoms with Crippen LogP contribution >= 0.6 is 0 Å². The lowest BCUT2D eigenvalue weighted by Crippen LogP contribution is -2.32. The summed E-state index contributed by atoms with van der Waals surface area (Å²) in [5.74, 6) is -0.797. The average Bonchev–Trinajstić information content (AvgIpc) is 2.89. The number of imide groups is 1. The molecule has 0 saturated heterocycles. The van der Waals surface area contributed by atoms with Crippen LogP contribution in [0, 0.1) is 5.41 Å². The highest BCUT2D eigenvalue weighted by Gasteiger charge is 2.36. The van der Waals surface area contributed by atoms with Crippen molar-refractivity contribution in [3.8, 4) is 0 Å². The van der Waals surface area contributed by atoms with Gasteiger partial charge in [0.15, 0.2) is 5.78 Å². The molecule has 2 N–H and O–H groups in total. The number of aliphatic imine (C=N–C) groups is 1. The molecule has 0 aromatic heterocycles. The van der Waals surface area contributed by atoms with E-state index >= 15 is 0 Å². The van der Waals surface area contributed by atoms with Crippen molar-refractivity contribution < 1.29 is 24.6 Å². The number of hydrogen-bond donors (Lipinski definition) is 2. The number of fused-ring (bicyclic) bond motifs is 1. The monoisotopic (exact) mass is 398 g/mol. The van der Waals surface area contributed by atoms with E-state index in [2.05, 4.69) is 4.99 Å². The Kier molecular flexibility index (Phi) is 5.98. The number of carbonyl (C=O) groups excluding carboxylic acids is 3. The van der Waals surface area contributed by atoms with Gasteiger partial charge in [0.25, 0.3) is 11.8 Å². The van der Waals surface area contributed by atoms with Crippen LogP contribution < -0.4 is 0 Å². The van der Waals surface area contributed by atoms with E-state index in [4.69, 9.17) is 5.11 Å². The summed E-state index contributed by atoms with van der Waals surface area (Å²) in [4.78, 5) is 43.1. The molecular weight excluding hydrogens is 372 g/mol. The number of benzene rings is 1. The molecule has 1 aromatic rings. The third-order valence-corrected chi connectivity index (χ3v) is 5.22. The Balaban J connectivity index is 1.73. The highest BCUT2D eigenvalue weighted by molar-refractivity contribution is 6.23. The Labute approximate surface area is 169 Å². The van der Waals surface area contributed by atoms with Gasteiger partial charge >= 0.3 is 0 Å². The highest BCUT2D eigenvalue weighted by atomic mass is 16.3. The molecule has 1 heterocycles. The average molecular weight is 398 g/mol. The number of aliphatic hydroxyl groups is 2. The molecule has 2 aliphatic rings. The molecule has 0 radical (unpaired) electrons. The summed E-state index contributed by atoms with van der Waals surface area (Å²) in [6.07, 6.45) is 1.41. The first-order valence-electron chi connectivity index (χ1n) is 9.80. The van der Waals surface area contributed by atoms with Crippen molar-refractivity contribution in [3.05, 3.63) is 46.7 Å². The minimum atomic E-state index is -0.322. The van der Waals surface area contributed by atoms with E-state index in [1.807, 2.05) is 13.8 Å². The van der Waals surface area contributed by atoms with Gasteiger partial charge in [0.05, 0.1) is 29.9 Å². The first kappa shape index (κ1) is 20.9. The highest BCUT2D eigenvalue weighted by Crippen LogP contribution is 2.36. The molecule has 0 saturated carbocycles. The maximum absolute atomic E-state index is 12.6. The predicted octanol–water partition coefficient (Wildman–Crippen LogP) is 2.70. The molecule has 2 amide bonds. The molecule has 1 aliphatic heterocycles. The van der Waals surface area contributed by atoms with Crippen molar-refractivity contribution in [1.29, 1.82) is 0 Å². The van der Waals surface area contributed by atoms with Crippen LogP contribution in [0.15, 0.2) is 40.6 Å². The maximum Gasteiger partial charge on any atom is 0.261 e. The number of nitrogens with zero attached hydrogens (tertiary/aromatic N) is 2. The molecule has 7 nitrogen and oxygen atoms in total. The lowest BCUT2D eigenvalue weighted by Gasteiger charge is -2.30. The fraction of sp³-hybridized carbons (Fsp3) is 0.455. The Morgan fingerprint density at radius 3 is 2.28 bits per heavy atom. The fourth-order valence-corrected chi connectivity index (χ4v) is 3.93. The number of amides is 2. The van der Waals surface area contributed by atoms with Crippen molar-refractivity contribution in [1.82, 2.24) is 4.90 Å². The zero-order valence-corrected chi connectivity index (χ0v) is 16.8. The Bertz CT molecular complexity index is 879. The molecule has 1 aromatic carbocycles. The van der Waals surface area contributed by atoms with Crippen molar-refractivity contribution in [3.63, 3.8) is 0 Å². The number of hydrogen-bond acceptors (Lipinski definition) is 6. The zero-order chi connectivity index (χ0) is 21.2. The number of aliphatic hydroxyl groups excluding tert-OH is 2. The number of ketones is 1. The quantitative estimate of drug-likeness (QED) is 0.542. The van der Waals surface area contributed by atoms with Crippen molar-refractivity contribution in [2.75, 3.05) is 19.7 Å². The lowest BCUT2D eigenvalue weighted by atomic mass is 9.75. The van der Waals surface area contributed by atoms with Crippen molar-refractivity contribution in [2.24, 2.45) is 10.4 Å². The Morgan fingerprint density at radius 1 is 1.10 bits per heavy atom. The van der Waals surface area contributed by atoms with E-state index in [1.165, 1.54) is 4.90 Å². The second kappa shape index (κ2) is 8.29. The van der Waals surface area contributed by atoms with Crippen LogP contribution in [0.4, 0.5) is 0 Å². The van der Waals surface area contributed by atoms with Crippen LogP contribution in [-0.4, -0.2) is 58.1 Å². The Hall–Kier alpha value is -2.80. The van der Waals surface area contributed by atoms with Crippen LogP contribution in [0.1, 0.15) is 60.2 Å². The molecule has 29 heavy (non-hydrogen) atoms. The summed E-state index contributed by atoms with van der Waals surface area (Å²) in [7, 11) is 0. The predicted molar refractivity (Wildman–Crippen MR) is 108 cm³/mol. The molecule has 1 aliphatic carbocycles. The summed E-state index contributed by atoms with van der Waals surface area (Å²) in [5, 5.41) is 19.6. The minimum absolute atomic E-state index is 0.0173. The molecule has 7 heteroatoms. The summed E-state index contributed by atoms with van der Waals surface area (Å²) in [5.41, 5.74) is 1.13. The van der Waals surface area contributed by atoms with Gasteiger partial charge in [0.2, 0.25) is 0 Å². The number of Topliss-reactive ketones (excluding diaryl/α,β-unsaturated/α-hetero) is 1. The van der Waals surface area contributed by atoms with E-state index in [9.17, 15) is 19.5 Å². The lowest BCUT2D eigenvalue weighted by molar-refractivity contribution is -0.118. The molecule has 154 valence electrons. The smallest absolute Gasteiger partial charge is 0.261 e. The summed E-state index contributed by atoms with van der Waals surface area (Å²) in [6, 6.07) is 6.71. The number of carbonyl (C=O) groups is 3. The Morgan fingerprint density at radius 2 is 1.72 bits per heavy atom. The summed E-state index contributed by atoms with van der Waals surface area (Å²) >= 11 is 0. The van der Waals surface area contributed by atoms with Crippen LogP contribution in [0.25, 0.3) is 0 Å². The van der Waals surface area contributed by atoms with E-state index < -0.39 is 0 Å².